The van der Waals surface area contributed by atoms with E-state index in [1.165, 1.54) is 17.0 Å². The van der Waals surface area contributed by atoms with Crippen LogP contribution in [0.3, 0.4) is 0 Å². The molecule has 6 aromatic rings. The number of aromatic nitrogens is 6. The molecule has 2 atom stereocenters. The average molecular weight is 733 g/mol. The molecule has 2 aliphatic heterocycles. The zero-order valence-electron chi connectivity index (χ0n) is 29.3. The molecule has 0 spiro atoms. The van der Waals surface area contributed by atoms with E-state index in [1.54, 1.807) is 53.6 Å². The van der Waals surface area contributed by atoms with Crippen molar-refractivity contribution in [3.63, 3.8) is 0 Å². The van der Waals surface area contributed by atoms with E-state index in [0.29, 0.717) is 48.7 Å². The molecule has 272 valence electrons. The minimum Gasteiger partial charge on any atom is -0.481 e. The SMILES string of the molecule is COc1cccc(-n2ccc3c(=O)n(CC4(O)CCN(C(=O)[C@@H]5CCN(Cc6cnc(-c7ccc(=O)[nH]c7)s6)C[C@H]5c5ccccc5)CC4)cnc32)n1. The van der Waals surface area contributed by atoms with Gasteiger partial charge in [-0.3, -0.25) is 28.4 Å². The first kappa shape index (κ1) is 34.6. The standard InChI is InChI=1S/C39H40N8O5S/c1-52-34-9-5-8-32(43-34)47-17-13-30-35(47)42-25-46(38(30)50)24-39(51)14-18-45(19-15-39)37(49)29-12-16-44(23-31(29)26-6-3-2-4-7-26)22-28-21-41-36(53-28)27-10-11-33(48)40-20-27/h2-11,13,17,20-21,25,29,31,51H,12,14-16,18-19,22-24H2,1H3,(H,40,48)/t29-,31+/m1/s1. The number of amides is 1. The van der Waals surface area contributed by atoms with E-state index in [0.717, 1.165) is 47.1 Å². The number of rotatable bonds is 9. The summed E-state index contributed by atoms with van der Waals surface area (Å²) in [6.45, 7) is 3.15. The molecule has 2 N–H and O–H groups in total. The Balaban J connectivity index is 0.929. The number of hydrogen-bond donors (Lipinski definition) is 2. The van der Waals surface area contributed by atoms with E-state index in [9.17, 15) is 19.5 Å². The molecule has 7 heterocycles. The van der Waals surface area contributed by atoms with E-state index in [2.05, 4.69) is 37.0 Å². The molecule has 53 heavy (non-hydrogen) atoms. The number of aromatic amines is 1. The van der Waals surface area contributed by atoms with Crippen molar-refractivity contribution in [3.8, 4) is 22.3 Å². The van der Waals surface area contributed by atoms with Gasteiger partial charge in [0, 0.05) is 79.2 Å². The molecule has 1 amide bonds. The van der Waals surface area contributed by atoms with Gasteiger partial charge in [-0.2, -0.15) is 4.98 Å². The van der Waals surface area contributed by atoms with Crippen LogP contribution in [0, 0.1) is 5.92 Å². The third kappa shape index (κ3) is 7.17. The lowest BCUT2D eigenvalue weighted by molar-refractivity contribution is -0.142. The summed E-state index contributed by atoms with van der Waals surface area (Å²) in [5, 5.41) is 13.0. The van der Waals surface area contributed by atoms with Gasteiger partial charge in [0.25, 0.3) is 5.56 Å². The number of carbonyl (C=O) groups is 1. The number of benzene rings is 1. The summed E-state index contributed by atoms with van der Waals surface area (Å²) in [5.41, 5.74) is 0.948. The minimum absolute atomic E-state index is 0.0145. The van der Waals surface area contributed by atoms with Gasteiger partial charge in [0.15, 0.2) is 5.65 Å². The van der Waals surface area contributed by atoms with Crippen LogP contribution in [0.5, 0.6) is 5.88 Å². The number of carbonyl (C=O) groups excluding carboxylic acids is 1. The van der Waals surface area contributed by atoms with Gasteiger partial charge in [-0.25, -0.2) is 9.97 Å². The molecular weight excluding hydrogens is 693 g/mol. The molecule has 0 radical (unpaired) electrons. The Kier molecular flexibility index (Phi) is 9.49. The van der Waals surface area contributed by atoms with E-state index in [4.69, 9.17) is 4.74 Å². The summed E-state index contributed by atoms with van der Waals surface area (Å²) in [5.74, 6) is 0.984. The summed E-state index contributed by atoms with van der Waals surface area (Å²) in [4.78, 5) is 61.0. The predicted molar refractivity (Wildman–Crippen MR) is 201 cm³/mol. The highest BCUT2D eigenvalue weighted by Crippen LogP contribution is 2.37. The van der Waals surface area contributed by atoms with Gasteiger partial charge in [0.1, 0.15) is 17.2 Å². The summed E-state index contributed by atoms with van der Waals surface area (Å²) < 4.78 is 8.46. The smallest absolute Gasteiger partial charge is 0.262 e. The first-order valence-corrected chi connectivity index (χ1v) is 18.6. The third-order valence-corrected chi connectivity index (χ3v) is 11.5. The Morgan fingerprint density at radius 2 is 1.85 bits per heavy atom. The van der Waals surface area contributed by atoms with E-state index in [1.807, 2.05) is 41.4 Å². The van der Waals surface area contributed by atoms with Crippen LogP contribution in [0.4, 0.5) is 0 Å². The minimum atomic E-state index is -1.16. The number of ether oxygens (including phenoxy) is 1. The van der Waals surface area contributed by atoms with Crippen LogP contribution in [0.2, 0.25) is 0 Å². The maximum atomic E-state index is 14.2. The summed E-state index contributed by atoms with van der Waals surface area (Å²) in [7, 11) is 1.55. The quantitative estimate of drug-likeness (QED) is 0.224. The number of methoxy groups -OCH3 is 1. The highest BCUT2D eigenvalue weighted by molar-refractivity contribution is 7.15. The molecular formula is C39H40N8O5S. The van der Waals surface area contributed by atoms with E-state index in [-0.39, 0.29) is 35.4 Å². The van der Waals surface area contributed by atoms with Crippen LogP contribution in [0.1, 0.15) is 35.6 Å². The molecule has 0 aliphatic carbocycles. The Morgan fingerprint density at radius 1 is 1.02 bits per heavy atom. The van der Waals surface area contributed by atoms with Crippen LogP contribution in [-0.2, 0) is 17.9 Å². The zero-order valence-corrected chi connectivity index (χ0v) is 30.1. The van der Waals surface area contributed by atoms with Crippen LogP contribution in [-0.4, -0.2) is 88.8 Å². The Hall–Kier alpha value is -5.44. The van der Waals surface area contributed by atoms with Crippen molar-refractivity contribution in [1.29, 1.82) is 0 Å². The van der Waals surface area contributed by atoms with Gasteiger partial charge in [-0.05, 0) is 49.6 Å². The number of aliphatic hydroxyl groups is 1. The topological polar surface area (TPSA) is 151 Å². The summed E-state index contributed by atoms with van der Waals surface area (Å²) >= 11 is 1.61. The van der Waals surface area contributed by atoms with Crippen molar-refractivity contribution in [1.82, 2.24) is 38.9 Å². The van der Waals surface area contributed by atoms with Gasteiger partial charge in [0.2, 0.25) is 17.3 Å². The summed E-state index contributed by atoms with van der Waals surface area (Å²) in [6, 6.07) is 20.6. The molecule has 1 aromatic carbocycles. The van der Waals surface area contributed by atoms with Crippen molar-refractivity contribution in [2.75, 3.05) is 33.3 Å². The van der Waals surface area contributed by atoms with Crippen molar-refractivity contribution in [2.45, 2.75) is 43.9 Å². The lowest BCUT2D eigenvalue weighted by Gasteiger charge is -2.43. The van der Waals surface area contributed by atoms with Crippen LogP contribution >= 0.6 is 11.3 Å². The second-order valence-electron chi connectivity index (χ2n) is 13.9. The molecule has 8 rings (SSSR count). The number of pyridine rings is 2. The number of fused-ring (bicyclic) bond motifs is 1. The molecule has 13 nitrogen and oxygen atoms in total. The second kappa shape index (κ2) is 14.5. The van der Waals surface area contributed by atoms with Crippen LogP contribution in [0.15, 0.2) is 101 Å². The second-order valence-corrected chi connectivity index (χ2v) is 15.0. The highest BCUT2D eigenvalue weighted by Gasteiger charge is 2.41. The predicted octanol–water partition coefficient (Wildman–Crippen LogP) is 4.06. The Morgan fingerprint density at radius 3 is 2.62 bits per heavy atom. The maximum Gasteiger partial charge on any atom is 0.262 e. The molecule has 2 fully saturated rings. The molecule has 0 saturated carbocycles. The van der Waals surface area contributed by atoms with E-state index >= 15 is 0 Å². The van der Waals surface area contributed by atoms with E-state index < -0.39 is 5.60 Å². The maximum absolute atomic E-state index is 14.2. The lowest BCUT2D eigenvalue weighted by Crippen LogP contribution is -2.53. The van der Waals surface area contributed by atoms with Crippen molar-refractivity contribution in [3.05, 3.63) is 123 Å². The highest BCUT2D eigenvalue weighted by atomic mass is 32.1. The Bertz CT molecular complexity index is 2340. The van der Waals surface area contributed by atoms with Gasteiger partial charge in [-0.15, -0.1) is 11.3 Å². The van der Waals surface area contributed by atoms with Gasteiger partial charge < -0.3 is 19.7 Å². The molecule has 0 unspecified atom stereocenters. The molecule has 0 bridgehead atoms. The third-order valence-electron chi connectivity index (χ3n) is 10.5. The first-order chi connectivity index (χ1) is 25.8. The normalized spacial score (nSPS) is 19.0. The molecule has 14 heteroatoms. The fraction of sp³-hybridized carbons (Fsp3) is 0.333. The molecule has 2 saturated heterocycles. The fourth-order valence-corrected chi connectivity index (χ4v) is 8.58. The number of H-pyrrole nitrogens is 1. The Labute approximate surface area is 309 Å². The fourth-order valence-electron chi connectivity index (χ4n) is 7.63. The number of nitrogens with one attached hydrogen (secondary N) is 1. The first-order valence-electron chi connectivity index (χ1n) is 17.8. The van der Waals surface area contributed by atoms with Gasteiger partial charge in [-0.1, -0.05) is 36.4 Å². The molecule has 5 aromatic heterocycles. The summed E-state index contributed by atoms with van der Waals surface area (Å²) in [6.07, 6.45) is 8.25. The number of piperidine rings is 2. The monoisotopic (exact) mass is 732 g/mol. The number of nitrogens with zero attached hydrogens (tertiary/aromatic N) is 7. The zero-order chi connectivity index (χ0) is 36.5. The number of thiazole rings is 1. The lowest BCUT2D eigenvalue weighted by atomic mass is 9.79. The average Bonchev–Trinajstić information content (AvgIpc) is 3.85. The van der Waals surface area contributed by atoms with Crippen molar-refractivity contribution >= 4 is 28.3 Å². The van der Waals surface area contributed by atoms with Gasteiger partial charge >= 0.3 is 0 Å². The van der Waals surface area contributed by atoms with Crippen molar-refractivity contribution < 1.29 is 14.6 Å². The van der Waals surface area contributed by atoms with Crippen LogP contribution < -0.4 is 15.9 Å². The largest absolute Gasteiger partial charge is 0.481 e. The van der Waals surface area contributed by atoms with Crippen molar-refractivity contribution in [2.24, 2.45) is 5.92 Å². The van der Waals surface area contributed by atoms with Crippen LogP contribution in [0.25, 0.3) is 27.4 Å². The molecule has 2 aliphatic rings. The number of likely N-dealkylation sites (tertiary alicyclic amines) is 2. The van der Waals surface area contributed by atoms with Gasteiger partial charge in [0.05, 0.1) is 24.6 Å². The number of hydrogen-bond acceptors (Lipinski definition) is 10.